The summed E-state index contributed by atoms with van der Waals surface area (Å²) in [6, 6.07) is 14.0. The molecule has 2 rings (SSSR count). The van der Waals surface area contributed by atoms with Crippen molar-refractivity contribution in [1.29, 1.82) is 0 Å². The van der Waals surface area contributed by atoms with Gasteiger partial charge in [0.05, 0.1) is 10.7 Å². The Hall–Kier alpha value is -3.00. The van der Waals surface area contributed by atoms with E-state index in [9.17, 15) is 14.0 Å². The summed E-state index contributed by atoms with van der Waals surface area (Å²) in [6.07, 6.45) is -0.520. The van der Waals surface area contributed by atoms with E-state index >= 15 is 0 Å². The van der Waals surface area contributed by atoms with Crippen LogP contribution in [0.5, 0.6) is 0 Å². The van der Waals surface area contributed by atoms with E-state index < -0.39 is 23.6 Å². The van der Waals surface area contributed by atoms with E-state index in [0.717, 1.165) is 5.56 Å². The van der Waals surface area contributed by atoms with Crippen molar-refractivity contribution in [3.05, 3.63) is 64.9 Å². The summed E-state index contributed by atoms with van der Waals surface area (Å²) in [5.41, 5.74) is 0.543. The minimum absolute atomic E-state index is 0.0207. The zero-order valence-electron chi connectivity index (χ0n) is 19.2. The lowest BCUT2D eigenvalue weighted by Crippen LogP contribution is -2.38. The first-order valence-electron chi connectivity index (χ1n) is 10.8. The third kappa shape index (κ3) is 9.99. The minimum atomic E-state index is -0.585. The van der Waals surface area contributed by atoms with Crippen LogP contribution in [0.3, 0.4) is 0 Å². The van der Waals surface area contributed by atoms with E-state index in [1.54, 1.807) is 32.9 Å². The molecular formula is C24H31ClFN3O4. The molecule has 0 saturated heterocycles. The van der Waals surface area contributed by atoms with Gasteiger partial charge in [-0.15, -0.1) is 0 Å². The molecule has 0 heterocycles. The number of alkyl carbamates (subject to hydrolysis) is 1. The highest BCUT2D eigenvalue weighted by Gasteiger charge is 2.17. The highest BCUT2D eigenvalue weighted by atomic mass is 35.5. The SMILES string of the molecule is CC(C)(C)OC(=O)NCCCN(CCNc1cccc(Cl)c1F)C(=O)OCc1ccccc1. The Labute approximate surface area is 199 Å². The molecule has 0 unspecified atom stereocenters. The van der Waals surface area contributed by atoms with Crippen molar-refractivity contribution < 1.29 is 23.5 Å². The summed E-state index contributed by atoms with van der Waals surface area (Å²) in [7, 11) is 0. The highest BCUT2D eigenvalue weighted by molar-refractivity contribution is 6.31. The smallest absolute Gasteiger partial charge is 0.410 e. The van der Waals surface area contributed by atoms with E-state index in [0.29, 0.717) is 19.5 Å². The average molecular weight is 480 g/mol. The quantitative estimate of drug-likeness (QED) is 0.443. The lowest BCUT2D eigenvalue weighted by molar-refractivity contribution is 0.0525. The zero-order chi connectivity index (χ0) is 24.3. The van der Waals surface area contributed by atoms with Gasteiger partial charge in [0.2, 0.25) is 0 Å². The first kappa shape index (κ1) is 26.3. The van der Waals surface area contributed by atoms with Gasteiger partial charge >= 0.3 is 12.2 Å². The Kier molecular flexibility index (Phi) is 10.3. The second-order valence-corrected chi connectivity index (χ2v) is 8.74. The van der Waals surface area contributed by atoms with E-state index in [2.05, 4.69) is 10.6 Å². The maximum atomic E-state index is 14.1. The van der Waals surface area contributed by atoms with Gasteiger partial charge in [-0.25, -0.2) is 14.0 Å². The maximum Gasteiger partial charge on any atom is 0.410 e. The van der Waals surface area contributed by atoms with Crippen LogP contribution in [-0.4, -0.2) is 48.9 Å². The summed E-state index contributed by atoms with van der Waals surface area (Å²) >= 11 is 5.81. The van der Waals surface area contributed by atoms with Gasteiger partial charge in [-0.2, -0.15) is 0 Å². The number of nitrogens with one attached hydrogen (secondary N) is 2. The average Bonchev–Trinajstić information content (AvgIpc) is 2.76. The number of benzene rings is 2. The van der Waals surface area contributed by atoms with Crippen molar-refractivity contribution in [3.63, 3.8) is 0 Å². The van der Waals surface area contributed by atoms with Crippen LogP contribution in [0, 0.1) is 5.82 Å². The third-order valence-electron chi connectivity index (χ3n) is 4.39. The number of carbonyl (C=O) groups is 2. The molecule has 0 bridgehead atoms. The van der Waals surface area contributed by atoms with Crippen LogP contribution in [0.2, 0.25) is 5.02 Å². The second-order valence-electron chi connectivity index (χ2n) is 8.34. The Balaban J connectivity index is 1.88. The van der Waals surface area contributed by atoms with Crippen molar-refractivity contribution in [2.24, 2.45) is 0 Å². The number of ether oxygens (including phenoxy) is 2. The van der Waals surface area contributed by atoms with Gasteiger partial charge in [-0.1, -0.05) is 48.0 Å². The van der Waals surface area contributed by atoms with E-state index in [1.165, 1.54) is 11.0 Å². The van der Waals surface area contributed by atoms with Crippen LogP contribution in [-0.2, 0) is 16.1 Å². The molecule has 0 aromatic heterocycles. The Morgan fingerprint density at radius 1 is 1.03 bits per heavy atom. The van der Waals surface area contributed by atoms with E-state index in [4.69, 9.17) is 21.1 Å². The van der Waals surface area contributed by atoms with Gasteiger partial charge in [-0.3, -0.25) is 0 Å². The largest absolute Gasteiger partial charge is 0.445 e. The first-order valence-corrected chi connectivity index (χ1v) is 11.1. The molecule has 2 aromatic rings. The fourth-order valence-electron chi connectivity index (χ4n) is 2.85. The molecule has 0 saturated carbocycles. The molecule has 33 heavy (non-hydrogen) atoms. The number of anilines is 1. The van der Waals surface area contributed by atoms with Crippen molar-refractivity contribution in [2.75, 3.05) is 31.5 Å². The molecule has 0 aliphatic heterocycles. The zero-order valence-corrected chi connectivity index (χ0v) is 20.0. The fourth-order valence-corrected chi connectivity index (χ4v) is 3.02. The molecule has 2 amide bonds. The number of hydrogen-bond donors (Lipinski definition) is 2. The number of nitrogens with zero attached hydrogens (tertiary/aromatic N) is 1. The summed E-state index contributed by atoms with van der Waals surface area (Å²) in [5, 5.41) is 5.64. The maximum absolute atomic E-state index is 14.1. The number of amides is 2. The molecule has 7 nitrogen and oxygen atoms in total. The molecule has 0 aliphatic carbocycles. The van der Waals surface area contributed by atoms with Crippen molar-refractivity contribution in [3.8, 4) is 0 Å². The lowest BCUT2D eigenvalue weighted by atomic mass is 10.2. The van der Waals surface area contributed by atoms with Gasteiger partial charge in [-0.05, 0) is 44.9 Å². The van der Waals surface area contributed by atoms with Crippen LogP contribution in [0.4, 0.5) is 19.7 Å². The van der Waals surface area contributed by atoms with Crippen LogP contribution >= 0.6 is 11.6 Å². The number of hydrogen-bond acceptors (Lipinski definition) is 5. The Morgan fingerprint density at radius 2 is 1.76 bits per heavy atom. The van der Waals surface area contributed by atoms with Crippen LogP contribution in [0.25, 0.3) is 0 Å². The monoisotopic (exact) mass is 479 g/mol. The molecule has 0 aliphatic rings. The van der Waals surface area contributed by atoms with Gasteiger partial charge in [0, 0.05) is 26.2 Å². The van der Waals surface area contributed by atoms with Crippen LogP contribution in [0.15, 0.2) is 48.5 Å². The third-order valence-corrected chi connectivity index (χ3v) is 4.68. The summed E-state index contributed by atoms with van der Waals surface area (Å²) in [4.78, 5) is 26.0. The van der Waals surface area contributed by atoms with Gasteiger partial charge in [0.15, 0.2) is 5.82 Å². The van der Waals surface area contributed by atoms with Gasteiger partial charge in [0.1, 0.15) is 12.2 Å². The molecule has 0 radical (unpaired) electrons. The van der Waals surface area contributed by atoms with E-state index in [-0.39, 0.29) is 30.4 Å². The predicted molar refractivity (Wildman–Crippen MR) is 127 cm³/mol. The van der Waals surface area contributed by atoms with Crippen molar-refractivity contribution in [1.82, 2.24) is 10.2 Å². The predicted octanol–water partition coefficient (Wildman–Crippen LogP) is 5.44. The molecule has 0 atom stereocenters. The van der Waals surface area contributed by atoms with Crippen LogP contribution < -0.4 is 10.6 Å². The van der Waals surface area contributed by atoms with Crippen molar-refractivity contribution >= 4 is 29.5 Å². The van der Waals surface area contributed by atoms with Crippen LogP contribution in [0.1, 0.15) is 32.8 Å². The number of rotatable bonds is 10. The topological polar surface area (TPSA) is 79.9 Å². The summed E-state index contributed by atoms with van der Waals surface area (Å²) in [6.45, 7) is 6.72. The molecule has 0 fully saturated rings. The summed E-state index contributed by atoms with van der Waals surface area (Å²) in [5.74, 6) is -0.543. The Bertz CT molecular complexity index is 906. The highest BCUT2D eigenvalue weighted by Crippen LogP contribution is 2.21. The second kappa shape index (κ2) is 12.9. The normalized spacial score (nSPS) is 10.9. The molecule has 9 heteroatoms. The first-order chi connectivity index (χ1) is 15.7. The standard InChI is InChI=1S/C24H31ClFN3O4/c1-24(2,3)33-22(30)28-13-8-15-29(23(31)32-17-18-9-5-4-6-10-18)16-14-27-20-12-7-11-19(25)21(20)26/h4-7,9-12,27H,8,13-17H2,1-3H3,(H,28,30). The number of carbonyl (C=O) groups excluding carboxylic acids is 2. The minimum Gasteiger partial charge on any atom is -0.445 e. The molecular weight excluding hydrogens is 449 g/mol. The molecule has 180 valence electrons. The molecule has 2 aromatic carbocycles. The molecule has 0 spiro atoms. The number of halogens is 2. The fraction of sp³-hybridized carbons (Fsp3) is 0.417. The lowest BCUT2D eigenvalue weighted by Gasteiger charge is -2.23. The Morgan fingerprint density at radius 3 is 2.45 bits per heavy atom. The van der Waals surface area contributed by atoms with E-state index in [1.807, 2.05) is 30.3 Å². The summed E-state index contributed by atoms with van der Waals surface area (Å²) < 4.78 is 24.7. The van der Waals surface area contributed by atoms with Gasteiger partial charge < -0.3 is 25.0 Å². The van der Waals surface area contributed by atoms with Crippen molar-refractivity contribution in [2.45, 2.75) is 39.4 Å². The van der Waals surface area contributed by atoms with Gasteiger partial charge in [0.25, 0.3) is 0 Å². The molecule has 2 N–H and O–H groups in total.